The summed E-state index contributed by atoms with van der Waals surface area (Å²) in [6.07, 6.45) is 4.01. The van der Waals surface area contributed by atoms with Crippen LogP contribution in [0.15, 0.2) is 4.99 Å². The van der Waals surface area contributed by atoms with E-state index in [4.69, 9.17) is 4.74 Å². The molecule has 23 heavy (non-hydrogen) atoms. The molecule has 1 aliphatic carbocycles. The molecule has 2 N–H and O–H groups in total. The highest BCUT2D eigenvalue weighted by atomic mass is 32.2. The molecular formula is C16H31N3O3S. The van der Waals surface area contributed by atoms with Crippen LogP contribution in [0.5, 0.6) is 0 Å². The van der Waals surface area contributed by atoms with E-state index in [0.29, 0.717) is 11.7 Å². The molecule has 1 fully saturated rings. The Morgan fingerprint density at radius 3 is 2.61 bits per heavy atom. The van der Waals surface area contributed by atoms with Crippen molar-refractivity contribution in [2.24, 2.45) is 4.99 Å². The van der Waals surface area contributed by atoms with Gasteiger partial charge in [0.2, 0.25) is 0 Å². The molecule has 1 rings (SSSR count). The zero-order chi connectivity index (χ0) is 17.5. The molecular weight excluding hydrogens is 314 g/mol. The standard InChI is InChI=1S/C16H31N3O3S/c1-6-23(21)13-9-7-8-12(10-13)19-15(17-5)18-11-14(20)22-16(2,3)4/h12-13H,6-11H2,1-5H3,(H2,17,18,19). The first-order valence-electron chi connectivity index (χ1n) is 8.31. The van der Waals surface area contributed by atoms with Crippen molar-refractivity contribution in [2.75, 3.05) is 19.3 Å². The van der Waals surface area contributed by atoms with E-state index in [0.717, 1.165) is 25.7 Å². The Balaban J connectivity index is 2.44. The Morgan fingerprint density at radius 2 is 2.04 bits per heavy atom. The summed E-state index contributed by atoms with van der Waals surface area (Å²) in [6, 6.07) is 0.245. The van der Waals surface area contributed by atoms with E-state index in [2.05, 4.69) is 15.6 Å². The third kappa shape index (κ3) is 7.81. The summed E-state index contributed by atoms with van der Waals surface area (Å²) in [7, 11) is 0.928. The van der Waals surface area contributed by atoms with Gasteiger partial charge in [-0.1, -0.05) is 13.3 Å². The van der Waals surface area contributed by atoms with Crippen LogP contribution in [-0.2, 0) is 20.3 Å². The van der Waals surface area contributed by atoms with Crippen LogP contribution >= 0.6 is 0 Å². The largest absolute Gasteiger partial charge is 0.459 e. The minimum absolute atomic E-state index is 0.0774. The van der Waals surface area contributed by atoms with E-state index < -0.39 is 16.4 Å². The predicted octanol–water partition coefficient (Wildman–Crippen LogP) is 1.57. The Kier molecular flexibility index (Phi) is 8.02. The van der Waals surface area contributed by atoms with Gasteiger partial charge in [0.05, 0.1) is 0 Å². The molecule has 1 aliphatic rings. The molecule has 0 aromatic carbocycles. The molecule has 0 aliphatic heterocycles. The van der Waals surface area contributed by atoms with Gasteiger partial charge in [-0.2, -0.15) is 0 Å². The van der Waals surface area contributed by atoms with Gasteiger partial charge in [0, 0.05) is 34.9 Å². The number of rotatable bonds is 5. The third-order valence-electron chi connectivity index (χ3n) is 3.67. The van der Waals surface area contributed by atoms with Crippen molar-refractivity contribution in [3.8, 4) is 0 Å². The summed E-state index contributed by atoms with van der Waals surface area (Å²) in [6.45, 7) is 7.57. The summed E-state index contributed by atoms with van der Waals surface area (Å²) in [4.78, 5) is 15.9. The zero-order valence-electron chi connectivity index (χ0n) is 15.0. The number of esters is 1. The lowest BCUT2D eigenvalue weighted by molar-refractivity contribution is -0.153. The first kappa shape index (κ1) is 19.9. The summed E-state index contributed by atoms with van der Waals surface area (Å²) in [5.74, 6) is 0.987. The lowest BCUT2D eigenvalue weighted by Gasteiger charge is -2.30. The van der Waals surface area contributed by atoms with Crippen LogP contribution in [0.2, 0.25) is 0 Å². The molecule has 0 amide bonds. The number of carbonyl (C=O) groups excluding carboxylic acids is 1. The van der Waals surface area contributed by atoms with Gasteiger partial charge >= 0.3 is 5.97 Å². The van der Waals surface area contributed by atoms with Gasteiger partial charge in [-0.05, 0) is 40.0 Å². The highest BCUT2D eigenvalue weighted by molar-refractivity contribution is 7.85. The summed E-state index contributed by atoms with van der Waals surface area (Å²) in [5, 5.41) is 6.57. The number of hydrogen-bond acceptors (Lipinski definition) is 4. The molecule has 7 heteroatoms. The molecule has 134 valence electrons. The fourth-order valence-corrected chi connectivity index (χ4v) is 4.02. The van der Waals surface area contributed by atoms with E-state index in [1.54, 1.807) is 7.05 Å². The maximum absolute atomic E-state index is 12.0. The summed E-state index contributed by atoms with van der Waals surface area (Å²) in [5.41, 5.74) is -0.490. The molecule has 0 bridgehead atoms. The van der Waals surface area contributed by atoms with E-state index in [9.17, 15) is 9.00 Å². The topological polar surface area (TPSA) is 79.8 Å². The second-order valence-electron chi connectivity index (χ2n) is 6.81. The van der Waals surface area contributed by atoms with Crippen LogP contribution in [0.25, 0.3) is 0 Å². The molecule has 0 aromatic rings. The number of hydrogen-bond donors (Lipinski definition) is 2. The first-order chi connectivity index (χ1) is 10.7. The predicted molar refractivity (Wildman–Crippen MR) is 95.1 cm³/mol. The van der Waals surface area contributed by atoms with E-state index in [1.807, 2.05) is 27.7 Å². The monoisotopic (exact) mass is 345 g/mol. The Morgan fingerprint density at radius 1 is 1.35 bits per heavy atom. The number of ether oxygens (including phenoxy) is 1. The van der Waals surface area contributed by atoms with Crippen LogP contribution in [0.1, 0.15) is 53.4 Å². The summed E-state index contributed by atoms with van der Waals surface area (Å²) < 4.78 is 17.3. The van der Waals surface area contributed by atoms with Crippen molar-refractivity contribution in [3.63, 3.8) is 0 Å². The minimum Gasteiger partial charge on any atom is -0.459 e. The van der Waals surface area contributed by atoms with Crippen LogP contribution < -0.4 is 10.6 Å². The van der Waals surface area contributed by atoms with Gasteiger partial charge in [-0.25, -0.2) is 0 Å². The smallest absolute Gasteiger partial charge is 0.325 e. The highest BCUT2D eigenvalue weighted by Gasteiger charge is 2.26. The van der Waals surface area contributed by atoms with Crippen LogP contribution in [0.4, 0.5) is 0 Å². The average molecular weight is 346 g/mol. The van der Waals surface area contributed by atoms with Gasteiger partial charge in [-0.15, -0.1) is 0 Å². The van der Waals surface area contributed by atoms with E-state index in [1.165, 1.54) is 0 Å². The summed E-state index contributed by atoms with van der Waals surface area (Å²) >= 11 is 0. The highest BCUT2D eigenvalue weighted by Crippen LogP contribution is 2.22. The van der Waals surface area contributed by atoms with Gasteiger partial charge in [-0.3, -0.25) is 14.0 Å². The van der Waals surface area contributed by atoms with Gasteiger partial charge in [0.15, 0.2) is 5.96 Å². The molecule has 0 saturated heterocycles. The van der Waals surface area contributed by atoms with Crippen LogP contribution in [0, 0.1) is 0 Å². The van der Waals surface area contributed by atoms with E-state index in [-0.39, 0.29) is 23.8 Å². The maximum Gasteiger partial charge on any atom is 0.325 e. The van der Waals surface area contributed by atoms with Gasteiger partial charge < -0.3 is 15.4 Å². The van der Waals surface area contributed by atoms with Crippen molar-refractivity contribution < 1.29 is 13.7 Å². The molecule has 0 aromatic heterocycles. The lowest BCUT2D eigenvalue weighted by atomic mass is 9.95. The Bertz CT molecular complexity index is 446. The maximum atomic E-state index is 12.0. The normalized spacial score (nSPS) is 24.0. The SMILES string of the molecule is CCS(=O)C1CCCC(NC(=NC)NCC(=O)OC(C)(C)C)C1. The molecule has 3 atom stereocenters. The number of nitrogens with zero attached hydrogens (tertiary/aromatic N) is 1. The molecule has 1 saturated carbocycles. The zero-order valence-corrected chi connectivity index (χ0v) is 15.8. The van der Waals surface area contributed by atoms with Crippen LogP contribution in [-0.4, -0.2) is 52.4 Å². The fraction of sp³-hybridized carbons (Fsp3) is 0.875. The van der Waals surface area contributed by atoms with Crippen molar-refractivity contribution >= 4 is 22.7 Å². The Hall–Kier alpha value is -1.11. The average Bonchev–Trinajstić information content (AvgIpc) is 2.49. The molecule has 0 radical (unpaired) electrons. The van der Waals surface area contributed by atoms with Crippen molar-refractivity contribution in [1.82, 2.24) is 10.6 Å². The number of nitrogens with one attached hydrogen (secondary N) is 2. The number of guanidine groups is 1. The fourth-order valence-electron chi connectivity index (χ4n) is 2.67. The van der Waals surface area contributed by atoms with E-state index >= 15 is 0 Å². The molecule has 3 unspecified atom stereocenters. The van der Waals surface area contributed by atoms with Gasteiger partial charge in [0.25, 0.3) is 0 Å². The first-order valence-corrected chi connectivity index (χ1v) is 9.69. The molecule has 6 nitrogen and oxygen atoms in total. The third-order valence-corrected chi connectivity index (χ3v) is 5.41. The molecule has 0 heterocycles. The minimum atomic E-state index is -0.748. The second kappa shape index (κ2) is 9.25. The van der Waals surface area contributed by atoms with Crippen molar-refractivity contribution in [3.05, 3.63) is 0 Å². The van der Waals surface area contributed by atoms with Crippen molar-refractivity contribution in [2.45, 2.75) is 70.3 Å². The lowest BCUT2D eigenvalue weighted by Crippen LogP contribution is -2.48. The number of aliphatic imine (C=N–C) groups is 1. The molecule has 0 spiro atoms. The number of carbonyl (C=O) groups is 1. The van der Waals surface area contributed by atoms with Gasteiger partial charge in [0.1, 0.15) is 12.1 Å². The van der Waals surface area contributed by atoms with Crippen molar-refractivity contribution in [1.29, 1.82) is 0 Å². The Labute approximate surface area is 142 Å². The second-order valence-corrected chi connectivity index (χ2v) is 8.82. The van der Waals surface area contributed by atoms with Crippen LogP contribution in [0.3, 0.4) is 0 Å². The quantitative estimate of drug-likeness (QED) is 0.449.